The molecule has 0 unspecified atom stereocenters. The Morgan fingerprint density at radius 2 is 1.79 bits per heavy atom. The molecule has 1 aromatic rings. The maximum atomic E-state index is 12.9. The van der Waals surface area contributed by atoms with E-state index in [1.165, 1.54) is 11.6 Å². The molecule has 76 valence electrons. The Morgan fingerprint density at radius 3 is 2.43 bits per heavy atom. The highest BCUT2D eigenvalue weighted by atomic mass is 35.5. The third-order valence-electron chi connectivity index (χ3n) is 1.51. The molecule has 0 aliphatic rings. The summed E-state index contributed by atoms with van der Waals surface area (Å²) < 4.78 is 38.0. The van der Waals surface area contributed by atoms with Crippen molar-refractivity contribution in [1.29, 1.82) is 0 Å². The maximum absolute atomic E-state index is 12.9. The van der Waals surface area contributed by atoms with Gasteiger partial charge >= 0.3 is 0 Å². The minimum Gasteiger partial charge on any atom is -0.379 e. The molecular formula is C9H7ClF3N. The van der Waals surface area contributed by atoms with Gasteiger partial charge in [-0.05, 0) is 0 Å². The SMILES string of the molecule is Fc1cc(F)c(NC/C=C/Cl)cc1F. The lowest BCUT2D eigenvalue weighted by Gasteiger charge is -2.05. The summed E-state index contributed by atoms with van der Waals surface area (Å²) in [7, 11) is 0. The van der Waals surface area contributed by atoms with Crippen LogP contribution in [0.15, 0.2) is 23.7 Å². The highest BCUT2D eigenvalue weighted by molar-refractivity contribution is 6.25. The molecule has 0 spiro atoms. The monoisotopic (exact) mass is 221 g/mol. The first kappa shape index (κ1) is 10.9. The van der Waals surface area contributed by atoms with Crippen LogP contribution in [0.3, 0.4) is 0 Å². The van der Waals surface area contributed by atoms with Crippen LogP contribution in [-0.2, 0) is 0 Å². The van der Waals surface area contributed by atoms with Gasteiger partial charge in [-0.2, -0.15) is 0 Å². The van der Waals surface area contributed by atoms with Crippen molar-refractivity contribution in [3.05, 3.63) is 41.2 Å². The van der Waals surface area contributed by atoms with Crippen LogP contribution in [0, 0.1) is 17.5 Å². The van der Waals surface area contributed by atoms with Crippen molar-refractivity contribution in [2.24, 2.45) is 0 Å². The normalized spacial score (nSPS) is 10.9. The van der Waals surface area contributed by atoms with Crippen LogP contribution in [0.2, 0.25) is 0 Å². The van der Waals surface area contributed by atoms with Crippen molar-refractivity contribution in [1.82, 2.24) is 0 Å². The maximum Gasteiger partial charge on any atom is 0.161 e. The molecule has 0 atom stereocenters. The number of nitrogens with one attached hydrogen (secondary N) is 1. The zero-order chi connectivity index (χ0) is 10.6. The summed E-state index contributed by atoms with van der Waals surface area (Å²) in [5, 5.41) is 2.53. The topological polar surface area (TPSA) is 12.0 Å². The van der Waals surface area contributed by atoms with Gasteiger partial charge in [0.05, 0.1) is 5.69 Å². The molecule has 0 heterocycles. The fourth-order valence-electron chi connectivity index (χ4n) is 0.871. The second kappa shape index (κ2) is 4.91. The largest absolute Gasteiger partial charge is 0.379 e. The predicted octanol–water partition coefficient (Wildman–Crippen LogP) is 3.27. The van der Waals surface area contributed by atoms with Crippen molar-refractivity contribution in [3.63, 3.8) is 0 Å². The summed E-state index contributed by atoms with van der Waals surface area (Å²) in [6.07, 6.45) is 1.50. The number of hydrogen-bond acceptors (Lipinski definition) is 1. The molecule has 0 aromatic heterocycles. The smallest absolute Gasteiger partial charge is 0.161 e. The molecule has 0 radical (unpaired) electrons. The summed E-state index contributed by atoms with van der Waals surface area (Å²) in [6.45, 7) is 0.242. The average molecular weight is 222 g/mol. The third-order valence-corrected chi connectivity index (χ3v) is 1.69. The Hall–Kier alpha value is -1.16. The van der Waals surface area contributed by atoms with Gasteiger partial charge in [-0.1, -0.05) is 17.7 Å². The predicted molar refractivity (Wildman–Crippen MR) is 49.8 cm³/mol. The first-order valence-corrected chi connectivity index (χ1v) is 4.22. The molecule has 0 saturated heterocycles. The Morgan fingerprint density at radius 1 is 1.14 bits per heavy atom. The highest BCUT2D eigenvalue weighted by Gasteiger charge is 2.08. The molecular weight excluding hydrogens is 215 g/mol. The second-order valence-electron chi connectivity index (χ2n) is 2.49. The summed E-state index contributed by atoms with van der Waals surface area (Å²) >= 11 is 5.22. The summed E-state index contributed by atoms with van der Waals surface area (Å²) in [4.78, 5) is 0. The standard InChI is InChI=1S/C9H7ClF3N/c10-2-1-3-14-9-5-7(12)6(11)4-8(9)13/h1-2,4-5,14H,3H2/b2-1+. The van der Waals surface area contributed by atoms with E-state index in [2.05, 4.69) is 5.32 Å². The average Bonchev–Trinajstić information content (AvgIpc) is 2.14. The molecule has 1 nitrogen and oxygen atoms in total. The molecule has 5 heteroatoms. The lowest BCUT2D eigenvalue weighted by molar-refractivity contribution is 0.496. The quantitative estimate of drug-likeness (QED) is 0.773. The van der Waals surface area contributed by atoms with E-state index < -0.39 is 17.5 Å². The van der Waals surface area contributed by atoms with Crippen molar-refractivity contribution in [3.8, 4) is 0 Å². The molecule has 0 aliphatic heterocycles. The van der Waals surface area contributed by atoms with Gasteiger partial charge in [0.15, 0.2) is 11.6 Å². The molecule has 0 saturated carbocycles. The first-order chi connectivity index (χ1) is 6.65. The molecule has 0 fully saturated rings. The van der Waals surface area contributed by atoms with E-state index in [4.69, 9.17) is 11.6 Å². The number of halogens is 4. The van der Waals surface area contributed by atoms with E-state index in [-0.39, 0.29) is 12.2 Å². The van der Waals surface area contributed by atoms with Gasteiger partial charge in [0.1, 0.15) is 5.82 Å². The van der Waals surface area contributed by atoms with E-state index in [1.54, 1.807) is 0 Å². The van der Waals surface area contributed by atoms with Crippen LogP contribution in [-0.4, -0.2) is 6.54 Å². The highest BCUT2D eigenvalue weighted by Crippen LogP contribution is 2.17. The zero-order valence-electron chi connectivity index (χ0n) is 7.03. The van der Waals surface area contributed by atoms with Gasteiger partial charge in [0, 0.05) is 24.2 Å². The number of benzene rings is 1. The van der Waals surface area contributed by atoms with Crippen LogP contribution < -0.4 is 5.32 Å². The summed E-state index contributed by atoms with van der Waals surface area (Å²) in [5.41, 5.74) is 1.14. The van der Waals surface area contributed by atoms with Crippen LogP contribution in [0.1, 0.15) is 0 Å². The van der Waals surface area contributed by atoms with E-state index in [0.29, 0.717) is 6.07 Å². The first-order valence-electron chi connectivity index (χ1n) is 3.79. The summed E-state index contributed by atoms with van der Waals surface area (Å²) in [5.74, 6) is -3.14. The number of rotatable bonds is 3. The Balaban J connectivity index is 2.81. The lowest BCUT2D eigenvalue weighted by atomic mass is 10.3. The molecule has 1 rings (SSSR count). The fraction of sp³-hybridized carbons (Fsp3) is 0.111. The van der Waals surface area contributed by atoms with Crippen LogP contribution >= 0.6 is 11.6 Å². The van der Waals surface area contributed by atoms with Gasteiger partial charge in [-0.25, -0.2) is 13.2 Å². The number of anilines is 1. The Bertz CT molecular complexity index is 352. The van der Waals surface area contributed by atoms with E-state index >= 15 is 0 Å². The lowest BCUT2D eigenvalue weighted by Crippen LogP contribution is -2.02. The minimum atomic E-state index is -1.21. The van der Waals surface area contributed by atoms with Crippen molar-refractivity contribution < 1.29 is 13.2 Å². The van der Waals surface area contributed by atoms with Gasteiger partial charge in [0.2, 0.25) is 0 Å². The molecule has 0 aliphatic carbocycles. The molecule has 14 heavy (non-hydrogen) atoms. The minimum absolute atomic E-state index is 0.0985. The van der Waals surface area contributed by atoms with E-state index in [9.17, 15) is 13.2 Å². The van der Waals surface area contributed by atoms with Crippen molar-refractivity contribution >= 4 is 17.3 Å². The van der Waals surface area contributed by atoms with Crippen molar-refractivity contribution in [2.75, 3.05) is 11.9 Å². The van der Waals surface area contributed by atoms with Gasteiger partial charge in [0.25, 0.3) is 0 Å². The molecule has 0 bridgehead atoms. The van der Waals surface area contributed by atoms with Crippen molar-refractivity contribution in [2.45, 2.75) is 0 Å². The Labute approximate surface area is 84.2 Å². The molecule has 1 aromatic carbocycles. The number of hydrogen-bond donors (Lipinski definition) is 1. The van der Waals surface area contributed by atoms with Gasteiger partial charge < -0.3 is 5.32 Å². The third kappa shape index (κ3) is 2.67. The van der Waals surface area contributed by atoms with Crippen LogP contribution in [0.25, 0.3) is 0 Å². The van der Waals surface area contributed by atoms with Gasteiger partial charge in [-0.3, -0.25) is 0 Å². The zero-order valence-corrected chi connectivity index (χ0v) is 7.78. The fourth-order valence-corrected chi connectivity index (χ4v) is 0.961. The van der Waals surface area contributed by atoms with E-state index in [0.717, 1.165) is 6.07 Å². The summed E-state index contributed by atoms with van der Waals surface area (Å²) in [6, 6.07) is 1.24. The Kier molecular flexibility index (Phi) is 3.83. The van der Waals surface area contributed by atoms with E-state index in [1.807, 2.05) is 0 Å². The van der Waals surface area contributed by atoms with Gasteiger partial charge in [-0.15, -0.1) is 0 Å². The molecule has 0 amide bonds. The van der Waals surface area contributed by atoms with Crippen LogP contribution in [0.4, 0.5) is 18.9 Å². The molecule has 1 N–H and O–H groups in total. The second-order valence-corrected chi connectivity index (χ2v) is 2.74. The van der Waals surface area contributed by atoms with Crippen LogP contribution in [0.5, 0.6) is 0 Å².